The van der Waals surface area contributed by atoms with Gasteiger partial charge in [0.15, 0.2) is 5.82 Å². The number of carbonyl (C=O) groups excluding carboxylic acids is 1. The third kappa shape index (κ3) is 3.52. The number of anilines is 1. The lowest BCUT2D eigenvalue weighted by Crippen LogP contribution is -2.46. The molecule has 2 aromatic heterocycles. The van der Waals surface area contributed by atoms with Gasteiger partial charge in [-0.3, -0.25) is 9.78 Å². The molecule has 2 aromatic rings. The van der Waals surface area contributed by atoms with Crippen molar-refractivity contribution in [3.05, 3.63) is 48.3 Å². The van der Waals surface area contributed by atoms with E-state index in [1.165, 1.54) is 12.4 Å². The van der Waals surface area contributed by atoms with Crippen molar-refractivity contribution >= 4 is 11.9 Å². The van der Waals surface area contributed by atoms with E-state index in [0.29, 0.717) is 12.4 Å². The van der Waals surface area contributed by atoms with Crippen molar-refractivity contribution in [1.82, 2.24) is 19.9 Å². The van der Waals surface area contributed by atoms with Crippen LogP contribution < -0.4 is 4.90 Å². The fourth-order valence-corrected chi connectivity index (χ4v) is 4.10. The van der Waals surface area contributed by atoms with E-state index in [4.69, 9.17) is 0 Å². The van der Waals surface area contributed by atoms with Crippen LogP contribution in [0.15, 0.2) is 36.8 Å². The summed E-state index contributed by atoms with van der Waals surface area (Å²) in [6.07, 6.45) is 7.60. The molecule has 7 heteroatoms. The molecule has 4 rings (SSSR count). The van der Waals surface area contributed by atoms with Gasteiger partial charge in [0, 0.05) is 43.5 Å². The van der Waals surface area contributed by atoms with E-state index in [2.05, 4.69) is 19.9 Å². The molecule has 1 amide bonds. The van der Waals surface area contributed by atoms with Gasteiger partial charge in [0.2, 0.25) is 11.9 Å². The van der Waals surface area contributed by atoms with Crippen LogP contribution in [0.1, 0.15) is 25.0 Å². The van der Waals surface area contributed by atoms with Gasteiger partial charge in [-0.05, 0) is 31.4 Å². The molecule has 26 heavy (non-hydrogen) atoms. The molecule has 136 valence electrons. The Labute approximate surface area is 152 Å². The quantitative estimate of drug-likeness (QED) is 0.843. The number of hydrogen-bond acceptors (Lipinski definition) is 5. The van der Waals surface area contributed by atoms with Gasteiger partial charge in [-0.15, -0.1) is 0 Å². The zero-order valence-corrected chi connectivity index (χ0v) is 14.6. The summed E-state index contributed by atoms with van der Waals surface area (Å²) < 4.78 is 13.1. The molecule has 4 heterocycles. The van der Waals surface area contributed by atoms with E-state index in [9.17, 15) is 9.18 Å². The number of amides is 1. The molecule has 0 radical (unpaired) electrons. The molecule has 1 unspecified atom stereocenters. The molecular weight excluding hydrogens is 333 g/mol. The van der Waals surface area contributed by atoms with Crippen molar-refractivity contribution in [2.24, 2.45) is 5.41 Å². The van der Waals surface area contributed by atoms with E-state index in [1.807, 2.05) is 23.1 Å². The van der Waals surface area contributed by atoms with E-state index < -0.39 is 5.82 Å². The first-order valence-electron chi connectivity index (χ1n) is 9.04. The molecule has 0 bridgehead atoms. The molecular formula is C19H22FN5O. The highest BCUT2D eigenvalue weighted by Gasteiger charge is 2.43. The number of halogens is 1. The summed E-state index contributed by atoms with van der Waals surface area (Å²) in [7, 11) is 0. The van der Waals surface area contributed by atoms with Crippen molar-refractivity contribution in [2.75, 3.05) is 31.1 Å². The second kappa shape index (κ2) is 6.97. The highest BCUT2D eigenvalue weighted by Crippen LogP contribution is 2.39. The van der Waals surface area contributed by atoms with Gasteiger partial charge in [0.05, 0.1) is 18.8 Å². The van der Waals surface area contributed by atoms with Gasteiger partial charge in [0.25, 0.3) is 0 Å². The van der Waals surface area contributed by atoms with Crippen molar-refractivity contribution in [3.8, 4) is 0 Å². The molecule has 6 nitrogen and oxygen atoms in total. The van der Waals surface area contributed by atoms with Crippen LogP contribution in [0.5, 0.6) is 0 Å². The fourth-order valence-electron chi connectivity index (χ4n) is 4.10. The monoisotopic (exact) mass is 355 g/mol. The predicted molar refractivity (Wildman–Crippen MR) is 95.0 cm³/mol. The van der Waals surface area contributed by atoms with Crippen LogP contribution >= 0.6 is 0 Å². The summed E-state index contributed by atoms with van der Waals surface area (Å²) in [5.74, 6) is 0.284. The third-order valence-corrected chi connectivity index (χ3v) is 5.40. The van der Waals surface area contributed by atoms with E-state index in [1.54, 1.807) is 6.20 Å². The molecule has 1 atom stereocenters. The maximum absolute atomic E-state index is 13.1. The summed E-state index contributed by atoms with van der Waals surface area (Å²) in [6, 6.07) is 5.65. The SMILES string of the molecule is O=C(Cc1ccccn1)N1CCC2(CCCN(c3ncc(F)cn3)C2)C1. The minimum Gasteiger partial charge on any atom is -0.342 e. The summed E-state index contributed by atoms with van der Waals surface area (Å²) in [4.78, 5) is 29.2. The first-order valence-corrected chi connectivity index (χ1v) is 9.04. The van der Waals surface area contributed by atoms with Gasteiger partial charge < -0.3 is 9.80 Å². The predicted octanol–water partition coefficient (Wildman–Crippen LogP) is 2.07. The summed E-state index contributed by atoms with van der Waals surface area (Å²) in [5.41, 5.74) is 0.888. The van der Waals surface area contributed by atoms with Gasteiger partial charge in [-0.2, -0.15) is 0 Å². The molecule has 0 saturated carbocycles. The summed E-state index contributed by atoms with van der Waals surface area (Å²) >= 11 is 0. The molecule has 0 aliphatic carbocycles. The summed E-state index contributed by atoms with van der Waals surface area (Å²) in [5, 5.41) is 0. The van der Waals surface area contributed by atoms with E-state index in [0.717, 1.165) is 51.1 Å². The third-order valence-electron chi connectivity index (χ3n) is 5.40. The molecule has 2 fully saturated rings. The Morgan fingerprint density at radius 2 is 1.96 bits per heavy atom. The van der Waals surface area contributed by atoms with Crippen LogP contribution in [-0.2, 0) is 11.2 Å². The molecule has 0 N–H and O–H groups in total. The normalized spacial score (nSPS) is 22.8. The second-order valence-electron chi connectivity index (χ2n) is 7.29. The number of likely N-dealkylation sites (tertiary alicyclic amines) is 1. The van der Waals surface area contributed by atoms with Crippen molar-refractivity contribution in [1.29, 1.82) is 0 Å². The number of aromatic nitrogens is 3. The van der Waals surface area contributed by atoms with E-state index >= 15 is 0 Å². The maximum Gasteiger partial charge on any atom is 0.228 e. The fraction of sp³-hybridized carbons (Fsp3) is 0.474. The van der Waals surface area contributed by atoms with Gasteiger partial charge >= 0.3 is 0 Å². The number of piperidine rings is 1. The lowest BCUT2D eigenvalue weighted by atomic mass is 9.79. The number of hydrogen-bond donors (Lipinski definition) is 0. The van der Waals surface area contributed by atoms with Crippen molar-refractivity contribution in [2.45, 2.75) is 25.7 Å². The first-order chi connectivity index (χ1) is 12.6. The van der Waals surface area contributed by atoms with Crippen LogP contribution in [0.3, 0.4) is 0 Å². The Morgan fingerprint density at radius 3 is 2.73 bits per heavy atom. The number of rotatable bonds is 3. The van der Waals surface area contributed by atoms with Crippen LogP contribution in [0.4, 0.5) is 10.3 Å². The maximum atomic E-state index is 13.1. The van der Waals surface area contributed by atoms with Crippen LogP contribution in [0, 0.1) is 11.2 Å². The second-order valence-corrected chi connectivity index (χ2v) is 7.29. The van der Waals surface area contributed by atoms with Gasteiger partial charge in [0.1, 0.15) is 0 Å². The molecule has 2 aliphatic heterocycles. The van der Waals surface area contributed by atoms with Crippen LogP contribution in [0.2, 0.25) is 0 Å². The van der Waals surface area contributed by atoms with E-state index in [-0.39, 0.29) is 11.3 Å². The Hall–Kier alpha value is -2.57. The Bertz CT molecular complexity index is 769. The Kier molecular flexibility index (Phi) is 4.53. The highest BCUT2D eigenvalue weighted by atomic mass is 19.1. The number of pyridine rings is 1. The van der Waals surface area contributed by atoms with Crippen LogP contribution in [0.25, 0.3) is 0 Å². The lowest BCUT2D eigenvalue weighted by molar-refractivity contribution is -0.129. The molecule has 0 aromatic carbocycles. The van der Waals surface area contributed by atoms with Gasteiger partial charge in [-0.25, -0.2) is 14.4 Å². The standard InChI is InChI=1S/C19H22FN5O/c20-15-11-22-18(23-12-15)25-8-3-5-19(14-25)6-9-24(13-19)17(26)10-16-4-1-2-7-21-16/h1-2,4,7,11-12H,3,5-6,8-10,13-14H2. The topological polar surface area (TPSA) is 62.2 Å². The first kappa shape index (κ1) is 16.9. The molecule has 2 saturated heterocycles. The highest BCUT2D eigenvalue weighted by molar-refractivity contribution is 5.78. The lowest BCUT2D eigenvalue weighted by Gasteiger charge is -2.40. The largest absolute Gasteiger partial charge is 0.342 e. The smallest absolute Gasteiger partial charge is 0.228 e. The average Bonchev–Trinajstić information content (AvgIpc) is 3.06. The van der Waals surface area contributed by atoms with Crippen LogP contribution in [-0.4, -0.2) is 51.9 Å². The summed E-state index contributed by atoms with van der Waals surface area (Å²) in [6.45, 7) is 3.22. The molecule has 2 aliphatic rings. The van der Waals surface area contributed by atoms with Crippen molar-refractivity contribution < 1.29 is 9.18 Å². The van der Waals surface area contributed by atoms with Crippen molar-refractivity contribution in [3.63, 3.8) is 0 Å². The zero-order valence-electron chi connectivity index (χ0n) is 14.6. The van der Waals surface area contributed by atoms with Gasteiger partial charge in [-0.1, -0.05) is 6.07 Å². The minimum atomic E-state index is -0.423. The number of nitrogens with zero attached hydrogens (tertiary/aromatic N) is 5. The minimum absolute atomic E-state index is 0.0791. The Balaban J connectivity index is 1.41. The molecule has 1 spiro atoms. The zero-order chi connectivity index (χ0) is 18.0. The average molecular weight is 355 g/mol. The number of carbonyl (C=O) groups is 1. The Morgan fingerprint density at radius 1 is 1.12 bits per heavy atom.